The van der Waals surface area contributed by atoms with E-state index in [0.717, 1.165) is 54.9 Å². The smallest absolute Gasteiger partial charge is 0.258 e. The lowest BCUT2D eigenvalue weighted by molar-refractivity contribution is -0.396. The molecule has 0 amide bonds. The van der Waals surface area contributed by atoms with Gasteiger partial charge >= 0.3 is 0 Å². The Morgan fingerprint density at radius 1 is 1.08 bits per heavy atom. The molecule has 0 spiro atoms. The summed E-state index contributed by atoms with van der Waals surface area (Å²) in [6, 6.07) is 3.59. The van der Waals surface area contributed by atoms with E-state index in [2.05, 4.69) is 9.97 Å². The maximum absolute atomic E-state index is 11.2. The Morgan fingerprint density at radius 3 is 2.54 bits per heavy atom. The van der Waals surface area contributed by atoms with Crippen LogP contribution in [-0.4, -0.2) is 19.8 Å². The first-order valence-electron chi connectivity index (χ1n) is 7.43. The number of benzene rings is 1. The lowest BCUT2D eigenvalue weighted by Crippen LogP contribution is -2.10. The SMILES string of the molecule is Cc1nc(Sc2ccc([N+](=O)[O-])cc2[N+](=O)[O-])nc2c1CCCC2. The van der Waals surface area contributed by atoms with Gasteiger partial charge in [-0.25, -0.2) is 9.97 Å². The van der Waals surface area contributed by atoms with Crippen LogP contribution >= 0.6 is 11.8 Å². The summed E-state index contributed by atoms with van der Waals surface area (Å²) in [5.41, 5.74) is 2.44. The van der Waals surface area contributed by atoms with E-state index in [9.17, 15) is 20.2 Å². The highest BCUT2D eigenvalue weighted by molar-refractivity contribution is 7.99. The first-order chi connectivity index (χ1) is 11.5. The molecule has 2 aromatic rings. The molecule has 0 saturated carbocycles. The van der Waals surface area contributed by atoms with Crippen molar-refractivity contribution in [1.29, 1.82) is 0 Å². The molecular formula is C15H14N4O4S. The summed E-state index contributed by atoms with van der Waals surface area (Å²) < 4.78 is 0. The molecule has 0 aliphatic heterocycles. The standard InChI is InChI=1S/C15H14N4O4S/c1-9-11-4-2-3-5-12(11)17-15(16-9)24-14-7-6-10(18(20)21)8-13(14)19(22)23/h6-8H,2-5H2,1H3. The molecule has 0 unspecified atom stereocenters. The Bertz CT molecular complexity index is 840. The average molecular weight is 346 g/mol. The zero-order chi connectivity index (χ0) is 17.3. The highest BCUT2D eigenvalue weighted by Gasteiger charge is 2.22. The van der Waals surface area contributed by atoms with E-state index in [4.69, 9.17) is 0 Å². The van der Waals surface area contributed by atoms with Crippen molar-refractivity contribution >= 4 is 23.1 Å². The van der Waals surface area contributed by atoms with Crippen LogP contribution in [0.4, 0.5) is 11.4 Å². The Hall–Kier alpha value is -2.55. The Labute approximate surface area is 141 Å². The topological polar surface area (TPSA) is 112 Å². The van der Waals surface area contributed by atoms with Gasteiger partial charge in [-0.05, 0) is 56.0 Å². The van der Waals surface area contributed by atoms with Gasteiger partial charge in [0.05, 0.1) is 20.8 Å². The summed E-state index contributed by atoms with van der Waals surface area (Å²) in [6.07, 6.45) is 4.04. The quantitative estimate of drug-likeness (QED) is 0.472. The van der Waals surface area contributed by atoms with Crippen molar-refractivity contribution in [1.82, 2.24) is 9.97 Å². The molecule has 1 aromatic heterocycles. The van der Waals surface area contributed by atoms with E-state index in [-0.39, 0.29) is 11.4 Å². The summed E-state index contributed by atoms with van der Waals surface area (Å²) >= 11 is 1.06. The molecular weight excluding hydrogens is 332 g/mol. The minimum atomic E-state index is -0.652. The third-order valence-corrected chi connectivity index (χ3v) is 4.85. The highest BCUT2D eigenvalue weighted by atomic mass is 32.2. The zero-order valence-corrected chi connectivity index (χ0v) is 13.7. The van der Waals surface area contributed by atoms with Crippen LogP contribution in [0.3, 0.4) is 0 Å². The van der Waals surface area contributed by atoms with Crippen LogP contribution in [0.5, 0.6) is 0 Å². The lowest BCUT2D eigenvalue weighted by atomic mass is 9.95. The second-order valence-electron chi connectivity index (χ2n) is 5.49. The maximum Gasteiger partial charge on any atom is 0.290 e. The van der Waals surface area contributed by atoms with Crippen LogP contribution in [0.2, 0.25) is 0 Å². The summed E-state index contributed by atoms with van der Waals surface area (Å²) in [7, 11) is 0. The minimum Gasteiger partial charge on any atom is -0.258 e. The highest BCUT2D eigenvalue weighted by Crippen LogP contribution is 2.36. The van der Waals surface area contributed by atoms with Gasteiger partial charge in [-0.15, -0.1) is 0 Å². The molecule has 0 radical (unpaired) electrons. The number of hydrogen-bond donors (Lipinski definition) is 0. The van der Waals surface area contributed by atoms with Gasteiger partial charge in [-0.3, -0.25) is 20.2 Å². The predicted molar refractivity (Wildman–Crippen MR) is 87.3 cm³/mol. The lowest BCUT2D eigenvalue weighted by Gasteiger charge is -2.17. The number of nitro groups is 2. The number of nitro benzene ring substituents is 2. The second kappa shape index (κ2) is 6.52. The van der Waals surface area contributed by atoms with E-state index in [1.54, 1.807) is 0 Å². The van der Waals surface area contributed by atoms with Crippen LogP contribution in [-0.2, 0) is 12.8 Å². The van der Waals surface area contributed by atoms with Crippen LogP contribution in [0.15, 0.2) is 28.3 Å². The molecule has 8 nitrogen and oxygen atoms in total. The van der Waals surface area contributed by atoms with E-state index < -0.39 is 9.85 Å². The third kappa shape index (κ3) is 3.21. The van der Waals surface area contributed by atoms with E-state index in [0.29, 0.717) is 10.1 Å². The van der Waals surface area contributed by atoms with Crippen molar-refractivity contribution in [3.05, 3.63) is 55.4 Å². The number of aryl methyl sites for hydroxylation is 2. The molecule has 1 aromatic carbocycles. The van der Waals surface area contributed by atoms with Crippen LogP contribution in [0.1, 0.15) is 29.8 Å². The Kier molecular flexibility index (Phi) is 4.43. The Balaban J connectivity index is 1.98. The molecule has 1 heterocycles. The summed E-state index contributed by atoms with van der Waals surface area (Å²) in [5, 5.41) is 22.5. The minimum absolute atomic E-state index is 0.292. The van der Waals surface area contributed by atoms with Gasteiger partial charge in [0.25, 0.3) is 11.4 Å². The molecule has 1 aliphatic rings. The van der Waals surface area contributed by atoms with Crippen LogP contribution < -0.4 is 0 Å². The molecule has 0 bridgehead atoms. The molecule has 0 atom stereocenters. The molecule has 0 saturated heterocycles. The third-order valence-electron chi connectivity index (χ3n) is 3.92. The fraction of sp³-hybridized carbons (Fsp3) is 0.333. The number of aromatic nitrogens is 2. The van der Waals surface area contributed by atoms with E-state index in [1.165, 1.54) is 17.7 Å². The normalized spacial score (nSPS) is 13.4. The zero-order valence-electron chi connectivity index (χ0n) is 12.9. The number of hydrogen-bond acceptors (Lipinski definition) is 7. The average Bonchev–Trinajstić information content (AvgIpc) is 2.55. The van der Waals surface area contributed by atoms with E-state index >= 15 is 0 Å². The number of nitrogens with zero attached hydrogens (tertiary/aromatic N) is 4. The molecule has 3 rings (SSSR count). The van der Waals surface area contributed by atoms with Crippen molar-refractivity contribution in [3.8, 4) is 0 Å². The van der Waals surface area contributed by atoms with Gasteiger partial charge in [0.2, 0.25) is 0 Å². The number of fused-ring (bicyclic) bond motifs is 1. The van der Waals surface area contributed by atoms with Gasteiger partial charge in [-0.1, -0.05) is 0 Å². The molecule has 124 valence electrons. The van der Waals surface area contributed by atoms with Gasteiger partial charge in [0, 0.05) is 17.5 Å². The second-order valence-corrected chi connectivity index (χ2v) is 6.50. The summed E-state index contributed by atoms with van der Waals surface area (Å²) in [6.45, 7) is 1.92. The van der Waals surface area contributed by atoms with Gasteiger partial charge in [0.1, 0.15) is 0 Å². The molecule has 0 fully saturated rings. The monoisotopic (exact) mass is 346 g/mol. The maximum atomic E-state index is 11.2. The fourth-order valence-corrected chi connectivity index (χ4v) is 3.66. The predicted octanol–water partition coefficient (Wildman–Crippen LogP) is 3.63. The van der Waals surface area contributed by atoms with Crippen molar-refractivity contribution in [2.45, 2.75) is 42.7 Å². The molecule has 9 heteroatoms. The first-order valence-corrected chi connectivity index (χ1v) is 8.24. The van der Waals surface area contributed by atoms with Crippen molar-refractivity contribution in [2.24, 2.45) is 0 Å². The number of rotatable bonds is 4. The first kappa shape index (κ1) is 16.3. The van der Waals surface area contributed by atoms with Crippen LogP contribution in [0, 0.1) is 27.2 Å². The molecule has 1 aliphatic carbocycles. The largest absolute Gasteiger partial charge is 0.290 e. The van der Waals surface area contributed by atoms with Gasteiger partial charge < -0.3 is 0 Å². The van der Waals surface area contributed by atoms with E-state index in [1.807, 2.05) is 6.92 Å². The summed E-state index contributed by atoms with van der Waals surface area (Å²) in [4.78, 5) is 30.0. The van der Waals surface area contributed by atoms with Gasteiger partial charge in [-0.2, -0.15) is 0 Å². The van der Waals surface area contributed by atoms with Gasteiger partial charge in [0.15, 0.2) is 5.16 Å². The van der Waals surface area contributed by atoms with Crippen LogP contribution in [0.25, 0.3) is 0 Å². The van der Waals surface area contributed by atoms with Crippen molar-refractivity contribution in [2.75, 3.05) is 0 Å². The van der Waals surface area contributed by atoms with Crippen molar-refractivity contribution < 1.29 is 9.85 Å². The Morgan fingerprint density at radius 2 is 1.83 bits per heavy atom. The summed E-state index contributed by atoms with van der Waals surface area (Å²) in [5.74, 6) is 0. The molecule has 24 heavy (non-hydrogen) atoms. The molecule has 0 N–H and O–H groups in total. The number of non-ortho nitro benzene ring substituents is 1. The van der Waals surface area contributed by atoms with Crippen molar-refractivity contribution in [3.63, 3.8) is 0 Å². The fourth-order valence-electron chi connectivity index (χ4n) is 2.75.